The molecule has 0 bridgehead atoms. The molecule has 0 saturated carbocycles. The van der Waals surface area contributed by atoms with Gasteiger partial charge in [-0.3, -0.25) is 4.79 Å². The molecule has 1 aromatic rings. The molecule has 1 amide bonds. The average Bonchev–Trinajstić information content (AvgIpc) is 2.74. The van der Waals surface area contributed by atoms with Crippen LogP contribution in [0, 0.1) is 0 Å². The highest BCUT2D eigenvalue weighted by atomic mass is 32.2. The molecule has 0 N–H and O–H groups in total. The minimum Gasteiger partial charge on any atom is -0.424 e. The summed E-state index contributed by atoms with van der Waals surface area (Å²) in [6.45, 7) is 0. The normalized spacial score (nSPS) is 23.5. The molecule has 2 aliphatic heterocycles. The zero-order valence-electron chi connectivity index (χ0n) is 8.38. The van der Waals surface area contributed by atoms with Crippen LogP contribution in [0.4, 0.5) is 0 Å². The monoisotopic (exact) mass is 235 g/mol. The van der Waals surface area contributed by atoms with E-state index in [1.165, 1.54) is 0 Å². The molecule has 1 atom stereocenters. The second kappa shape index (κ2) is 3.52. The van der Waals surface area contributed by atoms with Crippen LogP contribution in [0.3, 0.4) is 0 Å². The van der Waals surface area contributed by atoms with Crippen LogP contribution in [-0.4, -0.2) is 34.4 Å². The van der Waals surface area contributed by atoms with Gasteiger partial charge in [-0.1, -0.05) is 12.1 Å². The highest BCUT2D eigenvalue weighted by molar-refractivity contribution is 7.99. The Hall–Kier alpha value is -1.49. The fourth-order valence-electron chi connectivity index (χ4n) is 1.90. The zero-order valence-corrected chi connectivity index (χ0v) is 9.20. The third-order valence-electron chi connectivity index (χ3n) is 2.74. The topological polar surface area (TPSA) is 46.6 Å². The summed E-state index contributed by atoms with van der Waals surface area (Å²) in [5.74, 6) is 1.11. The van der Waals surface area contributed by atoms with E-state index in [2.05, 4.69) is 0 Å². The first-order chi connectivity index (χ1) is 7.77. The van der Waals surface area contributed by atoms with Crippen molar-refractivity contribution >= 4 is 23.6 Å². The number of fused-ring (bicyclic) bond motifs is 2. The number of hydrogen-bond donors (Lipinski definition) is 0. The highest BCUT2D eigenvalue weighted by Gasteiger charge is 2.40. The van der Waals surface area contributed by atoms with Gasteiger partial charge in [0.05, 0.1) is 11.4 Å². The summed E-state index contributed by atoms with van der Waals surface area (Å²) in [5.41, 5.74) is 0.473. The quantitative estimate of drug-likeness (QED) is 0.499. The van der Waals surface area contributed by atoms with Crippen molar-refractivity contribution in [2.75, 3.05) is 11.6 Å². The summed E-state index contributed by atoms with van der Waals surface area (Å²) in [5, 5.41) is 0. The predicted molar refractivity (Wildman–Crippen MR) is 59.4 cm³/mol. The van der Waals surface area contributed by atoms with E-state index in [0.29, 0.717) is 22.9 Å². The van der Waals surface area contributed by atoms with Crippen LogP contribution in [0.1, 0.15) is 10.4 Å². The van der Waals surface area contributed by atoms with Crippen LogP contribution in [-0.2, 0) is 4.79 Å². The Balaban J connectivity index is 2.11. The van der Waals surface area contributed by atoms with Gasteiger partial charge in [0.15, 0.2) is 0 Å². The minimum atomic E-state index is -0.426. The Bertz CT molecular complexity index is 474. The van der Waals surface area contributed by atoms with E-state index >= 15 is 0 Å². The van der Waals surface area contributed by atoms with Crippen LogP contribution in [0.25, 0.3) is 0 Å². The van der Waals surface area contributed by atoms with E-state index in [9.17, 15) is 9.59 Å². The second-order valence-corrected chi connectivity index (χ2v) is 4.71. The number of para-hydroxylation sites is 1. The molecule has 4 nitrogen and oxygen atoms in total. The first kappa shape index (κ1) is 9.72. The van der Waals surface area contributed by atoms with Crippen LogP contribution >= 0.6 is 11.8 Å². The van der Waals surface area contributed by atoms with E-state index in [4.69, 9.17) is 4.74 Å². The molecule has 16 heavy (non-hydrogen) atoms. The van der Waals surface area contributed by atoms with Crippen molar-refractivity contribution < 1.29 is 14.3 Å². The fraction of sp³-hybridized carbons (Fsp3) is 0.273. The Morgan fingerprint density at radius 3 is 3.00 bits per heavy atom. The molecule has 0 radical (unpaired) electrons. The molecule has 0 aromatic heterocycles. The van der Waals surface area contributed by atoms with Gasteiger partial charge < -0.3 is 9.64 Å². The lowest BCUT2D eigenvalue weighted by atomic mass is 10.2. The van der Waals surface area contributed by atoms with E-state index < -0.39 is 6.04 Å². The smallest absolute Gasteiger partial charge is 0.335 e. The standard InChI is InChI=1S/C11H9NO3S/c13-10-7-3-1-2-4-9(7)15-11(14)8-5-16-6-12(8)10/h1-4,8H,5-6H2/t8-/m0/s1. The summed E-state index contributed by atoms with van der Waals surface area (Å²) in [6.07, 6.45) is 0. The molecule has 0 spiro atoms. The van der Waals surface area contributed by atoms with Gasteiger partial charge in [-0.2, -0.15) is 0 Å². The van der Waals surface area contributed by atoms with Crippen molar-refractivity contribution in [2.24, 2.45) is 0 Å². The number of hydrogen-bond acceptors (Lipinski definition) is 4. The third-order valence-corrected chi connectivity index (χ3v) is 3.76. The lowest BCUT2D eigenvalue weighted by Crippen LogP contribution is -2.41. The van der Waals surface area contributed by atoms with Gasteiger partial charge in [-0.25, -0.2) is 4.79 Å². The summed E-state index contributed by atoms with van der Waals surface area (Å²) >= 11 is 1.58. The Kier molecular flexibility index (Phi) is 2.14. The van der Waals surface area contributed by atoms with Gasteiger partial charge in [-0.05, 0) is 12.1 Å². The van der Waals surface area contributed by atoms with E-state index in [-0.39, 0.29) is 11.9 Å². The third kappa shape index (κ3) is 1.31. The van der Waals surface area contributed by atoms with Gasteiger partial charge in [0.2, 0.25) is 0 Å². The average molecular weight is 235 g/mol. The number of carbonyl (C=O) groups is 2. The highest BCUT2D eigenvalue weighted by Crippen LogP contribution is 2.31. The van der Waals surface area contributed by atoms with Gasteiger partial charge >= 0.3 is 5.97 Å². The lowest BCUT2D eigenvalue weighted by Gasteiger charge is -2.17. The molecule has 1 fully saturated rings. The van der Waals surface area contributed by atoms with Crippen molar-refractivity contribution in [1.29, 1.82) is 0 Å². The number of nitrogens with zero attached hydrogens (tertiary/aromatic N) is 1. The maximum Gasteiger partial charge on any atom is 0.335 e. The predicted octanol–water partition coefficient (Wildman–Crippen LogP) is 1.12. The van der Waals surface area contributed by atoms with Crippen LogP contribution in [0.15, 0.2) is 24.3 Å². The van der Waals surface area contributed by atoms with E-state index in [0.717, 1.165) is 0 Å². The molecule has 0 unspecified atom stereocenters. The molecule has 1 aromatic carbocycles. The fourth-order valence-corrected chi connectivity index (χ4v) is 3.04. The van der Waals surface area contributed by atoms with Crippen molar-refractivity contribution in [3.05, 3.63) is 29.8 Å². The first-order valence-electron chi connectivity index (χ1n) is 4.97. The van der Waals surface area contributed by atoms with Gasteiger partial charge in [0.25, 0.3) is 5.91 Å². The summed E-state index contributed by atoms with van der Waals surface area (Å²) in [7, 11) is 0. The van der Waals surface area contributed by atoms with Crippen molar-refractivity contribution in [2.45, 2.75) is 6.04 Å². The number of ether oxygens (including phenoxy) is 1. The molecule has 82 valence electrons. The van der Waals surface area contributed by atoms with Crippen molar-refractivity contribution in [1.82, 2.24) is 4.90 Å². The zero-order chi connectivity index (χ0) is 11.1. The molecule has 3 rings (SSSR count). The Labute approximate surface area is 96.6 Å². The molecule has 2 heterocycles. The number of esters is 1. The molecular formula is C11H9NO3S. The van der Waals surface area contributed by atoms with Crippen molar-refractivity contribution in [3.63, 3.8) is 0 Å². The van der Waals surface area contributed by atoms with Gasteiger partial charge in [0.1, 0.15) is 11.8 Å². The second-order valence-electron chi connectivity index (χ2n) is 3.71. The molecular weight excluding hydrogens is 226 g/mol. The minimum absolute atomic E-state index is 0.114. The summed E-state index contributed by atoms with van der Waals surface area (Å²) in [4.78, 5) is 25.5. The first-order valence-corrected chi connectivity index (χ1v) is 6.12. The lowest BCUT2D eigenvalue weighted by molar-refractivity contribution is -0.137. The summed E-state index contributed by atoms with van der Waals surface area (Å²) in [6, 6.07) is 6.44. The number of thioether (sulfide) groups is 1. The van der Waals surface area contributed by atoms with Crippen LogP contribution in [0.2, 0.25) is 0 Å². The van der Waals surface area contributed by atoms with E-state index in [1.54, 1.807) is 40.9 Å². The maximum absolute atomic E-state index is 12.1. The molecule has 0 aliphatic carbocycles. The van der Waals surface area contributed by atoms with Crippen molar-refractivity contribution in [3.8, 4) is 5.75 Å². The number of amides is 1. The largest absolute Gasteiger partial charge is 0.424 e. The number of carbonyl (C=O) groups excluding carboxylic acids is 2. The number of benzene rings is 1. The Morgan fingerprint density at radius 1 is 1.31 bits per heavy atom. The van der Waals surface area contributed by atoms with Gasteiger partial charge in [-0.15, -0.1) is 11.8 Å². The SMILES string of the molecule is O=C1Oc2ccccc2C(=O)N2CSC[C@@H]12. The Morgan fingerprint density at radius 2 is 2.12 bits per heavy atom. The van der Waals surface area contributed by atoms with E-state index in [1.807, 2.05) is 0 Å². The maximum atomic E-state index is 12.1. The van der Waals surface area contributed by atoms with Crippen LogP contribution < -0.4 is 4.74 Å². The van der Waals surface area contributed by atoms with Gasteiger partial charge in [0, 0.05) is 5.75 Å². The van der Waals surface area contributed by atoms with Crippen LogP contribution in [0.5, 0.6) is 5.75 Å². The summed E-state index contributed by atoms with van der Waals surface area (Å²) < 4.78 is 5.23. The molecule has 5 heteroatoms. The molecule has 2 aliphatic rings. The molecule has 1 saturated heterocycles. The number of rotatable bonds is 0.